The highest BCUT2D eigenvalue weighted by molar-refractivity contribution is 5.86. The van der Waals surface area contributed by atoms with Crippen LogP contribution in [0.15, 0.2) is 30.5 Å². The number of aromatic amines is 1. The fraction of sp³-hybridized carbons (Fsp3) is 0.471. The standard InChI is InChI=1S/C17H26N4O/c18-9-5-1-2-6-10-20-17(22)15(19)11-13-12-21-16-8-4-3-7-14(13)16/h3-4,7-8,12,15,21H,1-2,5-6,9-11,18-19H2,(H,20,22)/t15-/m0/s1. The van der Waals surface area contributed by atoms with Crippen molar-refractivity contribution in [1.82, 2.24) is 10.3 Å². The van der Waals surface area contributed by atoms with Crippen molar-refractivity contribution in [3.8, 4) is 0 Å². The second kappa shape index (κ2) is 8.56. The number of carbonyl (C=O) groups is 1. The normalized spacial score (nSPS) is 12.5. The van der Waals surface area contributed by atoms with Gasteiger partial charge < -0.3 is 21.8 Å². The van der Waals surface area contributed by atoms with Gasteiger partial charge in [0.15, 0.2) is 0 Å². The first-order chi connectivity index (χ1) is 10.7. The number of nitrogens with two attached hydrogens (primary N) is 2. The Bertz CT molecular complexity index is 593. The van der Waals surface area contributed by atoms with E-state index in [1.165, 1.54) is 0 Å². The second-order valence-electron chi connectivity index (χ2n) is 5.66. The largest absolute Gasteiger partial charge is 0.361 e. The van der Waals surface area contributed by atoms with E-state index < -0.39 is 6.04 Å². The number of aromatic nitrogens is 1. The summed E-state index contributed by atoms with van der Waals surface area (Å²) in [7, 11) is 0. The molecule has 0 spiro atoms. The summed E-state index contributed by atoms with van der Waals surface area (Å²) < 4.78 is 0. The van der Waals surface area contributed by atoms with Gasteiger partial charge in [-0.25, -0.2) is 0 Å². The van der Waals surface area contributed by atoms with Crippen LogP contribution in [0.5, 0.6) is 0 Å². The summed E-state index contributed by atoms with van der Waals surface area (Å²) in [6, 6.07) is 7.53. The molecule has 0 aliphatic heterocycles. The molecule has 22 heavy (non-hydrogen) atoms. The number of H-pyrrole nitrogens is 1. The first-order valence-corrected chi connectivity index (χ1v) is 8.00. The highest BCUT2D eigenvalue weighted by atomic mass is 16.2. The zero-order chi connectivity index (χ0) is 15.8. The van der Waals surface area contributed by atoms with Crippen molar-refractivity contribution >= 4 is 16.8 Å². The van der Waals surface area contributed by atoms with Gasteiger partial charge in [0.1, 0.15) is 0 Å². The average molecular weight is 302 g/mol. The number of para-hydroxylation sites is 1. The average Bonchev–Trinajstić information content (AvgIpc) is 2.94. The van der Waals surface area contributed by atoms with Crippen LogP contribution in [0.3, 0.4) is 0 Å². The Kier molecular flexibility index (Phi) is 6.43. The maximum absolute atomic E-state index is 12.0. The lowest BCUT2D eigenvalue weighted by atomic mass is 10.1. The molecule has 5 nitrogen and oxygen atoms in total. The van der Waals surface area contributed by atoms with Gasteiger partial charge in [0.2, 0.25) is 5.91 Å². The highest BCUT2D eigenvalue weighted by Crippen LogP contribution is 2.18. The van der Waals surface area contributed by atoms with Gasteiger partial charge in [-0.2, -0.15) is 0 Å². The summed E-state index contributed by atoms with van der Waals surface area (Å²) in [5, 5.41) is 4.05. The van der Waals surface area contributed by atoms with E-state index in [0.717, 1.165) is 48.7 Å². The third kappa shape index (κ3) is 4.58. The molecule has 1 heterocycles. The van der Waals surface area contributed by atoms with Crippen LogP contribution in [-0.2, 0) is 11.2 Å². The minimum absolute atomic E-state index is 0.0795. The Labute approximate surface area is 131 Å². The number of nitrogens with one attached hydrogen (secondary N) is 2. The van der Waals surface area contributed by atoms with E-state index in [1.807, 2.05) is 30.5 Å². The molecule has 0 aliphatic carbocycles. The van der Waals surface area contributed by atoms with Crippen LogP contribution >= 0.6 is 0 Å². The van der Waals surface area contributed by atoms with Crippen LogP contribution < -0.4 is 16.8 Å². The van der Waals surface area contributed by atoms with Crippen molar-refractivity contribution in [2.75, 3.05) is 13.1 Å². The summed E-state index contributed by atoms with van der Waals surface area (Å²) in [4.78, 5) is 15.2. The molecule has 5 heteroatoms. The van der Waals surface area contributed by atoms with Crippen LogP contribution in [0.2, 0.25) is 0 Å². The van der Waals surface area contributed by atoms with Gasteiger partial charge >= 0.3 is 0 Å². The molecule has 6 N–H and O–H groups in total. The van der Waals surface area contributed by atoms with Crippen LogP contribution in [0.1, 0.15) is 31.2 Å². The Morgan fingerprint density at radius 2 is 1.95 bits per heavy atom. The van der Waals surface area contributed by atoms with Crippen molar-refractivity contribution in [3.05, 3.63) is 36.0 Å². The summed E-state index contributed by atoms with van der Waals surface area (Å²) in [5.74, 6) is -0.0795. The lowest BCUT2D eigenvalue weighted by molar-refractivity contribution is -0.122. The van der Waals surface area contributed by atoms with Crippen LogP contribution in [0.25, 0.3) is 10.9 Å². The number of benzene rings is 1. The number of carbonyl (C=O) groups excluding carboxylic acids is 1. The molecule has 0 radical (unpaired) electrons. The topological polar surface area (TPSA) is 96.9 Å². The van der Waals surface area contributed by atoms with E-state index in [9.17, 15) is 4.79 Å². The minimum atomic E-state index is -0.511. The van der Waals surface area contributed by atoms with Gasteiger partial charge in [-0.15, -0.1) is 0 Å². The van der Waals surface area contributed by atoms with Gasteiger partial charge in [-0.05, 0) is 37.4 Å². The highest BCUT2D eigenvalue weighted by Gasteiger charge is 2.15. The molecule has 2 rings (SSSR count). The van der Waals surface area contributed by atoms with E-state index in [4.69, 9.17) is 11.5 Å². The first-order valence-electron chi connectivity index (χ1n) is 8.00. The molecule has 0 saturated heterocycles. The molecule has 1 aromatic heterocycles. The number of unbranched alkanes of at least 4 members (excludes halogenated alkanes) is 3. The van der Waals surface area contributed by atoms with E-state index in [0.29, 0.717) is 13.0 Å². The van der Waals surface area contributed by atoms with Crippen molar-refractivity contribution in [2.24, 2.45) is 11.5 Å². The Hall–Kier alpha value is -1.85. The SMILES string of the molecule is NCCCCCCNC(=O)[C@@H](N)Cc1c[nH]c2ccccc12. The Morgan fingerprint density at radius 3 is 2.77 bits per heavy atom. The van der Waals surface area contributed by atoms with Crippen LogP contribution in [0, 0.1) is 0 Å². The number of hydrogen-bond donors (Lipinski definition) is 4. The van der Waals surface area contributed by atoms with Crippen LogP contribution in [-0.4, -0.2) is 30.0 Å². The molecule has 1 atom stereocenters. The smallest absolute Gasteiger partial charge is 0.237 e. The van der Waals surface area contributed by atoms with Gasteiger partial charge in [0.05, 0.1) is 6.04 Å². The minimum Gasteiger partial charge on any atom is -0.361 e. The van der Waals surface area contributed by atoms with Gasteiger partial charge in [-0.1, -0.05) is 31.0 Å². The molecule has 120 valence electrons. The number of hydrogen-bond acceptors (Lipinski definition) is 3. The molecule has 0 fully saturated rings. The molecule has 1 amide bonds. The summed E-state index contributed by atoms with van der Waals surface area (Å²) in [6.07, 6.45) is 6.72. The predicted molar refractivity (Wildman–Crippen MR) is 90.5 cm³/mol. The molecule has 0 saturated carbocycles. The summed E-state index contributed by atoms with van der Waals surface area (Å²) >= 11 is 0. The maximum Gasteiger partial charge on any atom is 0.237 e. The summed E-state index contributed by atoms with van der Waals surface area (Å²) in [5.41, 5.74) is 13.6. The number of fused-ring (bicyclic) bond motifs is 1. The molecule has 0 aliphatic rings. The second-order valence-corrected chi connectivity index (χ2v) is 5.66. The van der Waals surface area contributed by atoms with E-state index in [-0.39, 0.29) is 5.91 Å². The Balaban J connectivity index is 1.76. The van der Waals surface area contributed by atoms with Crippen molar-refractivity contribution in [1.29, 1.82) is 0 Å². The monoisotopic (exact) mass is 302 g/mol. The number of amides is 1. The lowest BCUT2D eigenvalue weighted by Crippen LogP contribution is -2.42. The maximum atomic E-state index is 12.0. The van der Waals surface area contributed by atoms with E-state index in [2.05, 4.69) is 10.3 Å². The van der Waals surface area contributed by atoms with Gasteiger partial charge in [-0.3, -0.25) is 4.79 Å². The predicted octanol–water partition coefficient (Wildman–Crippen LogP) is 1.67. The molecular weight excluding hydrogens is 276 g/mol. The van der Waals surface area contributed by atoms with E-state index >= 15 is 0 Å². The van der Waals surface area contributed by atoms with Crippen molar-refractivity contribution < 1.29 is 4.79 Å². The van der Waals surface area contributed by atoms with Gasteiger partial charge in [0.25, 0.3) is 0 Å². The van der Waals surface area contributed by atoms with E-state index in [1.54, 1.807) is 0 Å². The molecule has 0 bridgehead atoms. The third-order valence-corrected chi connectivity index (χ3v) is 3.88. The summed E-state index contributed by atoms with van der Waals surface area (Å²) in [6.45, 7) is 1.42. The quantitative estimate of drug-likeness (QED) is 0.530. The molecule has 0 unspecified atom stereocenters. The molecule has 2 aromatic rings. The van der Waals surface area contributed by atoms with Crippen LogP contribution in [0.4, 0.5) is 0 Å². The Morgan fingerprint density at radius 1 is 1.18 bits per heavy atom. The molecule has 1 aromatic carbocycles. The fourth-order valence-electron chi connectivity index (χ4n) is 2.60. The fourth-order valence-corrected chi connectivity index (χ4v) is 2.60. The molecular formula is C17H26N4O. The third-order valence-electron chi connectivity index (χ3n) is 3.88. The van der Waals surface area contributed by atoms with Crippen molar-refractivity contribution in [3.63, 3.8) is 0 Å². The zero-order valence-electron chi connectivity index (χ0n) is 13.0. The first kappa shape index (κ1) is 16.5. The number of rotatable bonds is 9. The zero-order valence-corrected chi connectivity index (χ0v) is 13.0. The lowest BCUT2D eigenvalue weighted by Gasteiger charge is -2.12. The van der Waals surface area contributed by atoms with Crippen molar-refractivity contribution in [2.45, 2.75) is 38.1 Å². The van der Waals surface area contributed by atoms with Gasteiger partial charge in [0, 0.05) is 23.6 Å².